The second kappa shape index (κ2) is 33.7. The van der Waals surface area contributed by atoms with Gasteiger partial charge in [0.2, 0.25) is 0 Å². The Balaban J connectivity index is 0.000000503. The molecule has 1 atom stereocenters. The van der Waals surface area contributed by atoms with Crippen molar-refractivity contribution in [1.29, 1.82) is 0 Å². The van der Waals surface area contributed by atoms with Crippen molar-refractivity contribution in [2.75, 3.05) is 0 Å². The molecule has 1 unspecified atom stereocenters. The summed E-state index contributed by atoms with van der Waals surface area (Å²) >= 11 is 6.04. The number of ketones is 1. The lowest BCUT2D eigenvalue weighted by Gasteiger charge is -2.30. The van der Waals surface area contributed by atoms with Crippen LogP contribution in [0.4, 0.5) is 0 Å². The third-order valence-corrected chi connectivity index (χ3v) is 16.2. The molecule has 0 aromatic carbocycles. The summed E-state index contributed by atoms with van der Waals surface area (Å²) in [4.78, 5) is 25.8. The van der Waals surface area contributed by atoms with Crippen molar-refractivity contribution in [3.05, 3.63) is 131 Å². The maximum absolute atomic E-state index is 11.0. The van der Waals surface area contributed by atoms with Gasteiger partial charge in [-0.1, -0.05) is 157 Å². The zero-order chi connectivity index (χ0) is 67.9. The van der Waals surface area contributed by atoms with Crippen molar-refractivity contribution < 1.29 is 13.7 Å². The largest absolute Gasteiger partial charge is 0.435 e. The molecule has 0 spiro atoms. The highest BCUT2D eigenvalue weighted by Crippen LogP contribution is 2.34. The predicted molar refractivity (Wildman–Crippen MR) is 373 cm³/mol. The van der Waals surface area contributed by atoms with Crippen LogP contribution in [0.5, 0.6) is 0 Å². The lowest BCUT2D eigenvalue weighted by molar-refractivity contribution is -0.116. The molecule has 7 aromatic heterocycles. The van der Waals surface area contributed by atoms with Crippen LogP contribution in [0, 0.1) is 97.7 Å². The minimum Gasteiger partial charge on any atom is -0.435 e. The van der Waals surface area contributed by atoms with E-state index in [2.05, 4.69) is 200 Å². The molecule has 0 radical (unpaired) electrons. The first kappa shape index (κ1) is 78.5. The van der Waals surface area contributed by atoms with Gasteiger partial charge in [-0.15, -0.1) is 67.6 Å². The fraction of sp³-hybridized carbons (Fsp3) is 0.479. The molecule has 0 aliphatic heterocycles. The second-order valence-electron chi connectivity index (χ2n) is 28.5. The zero-order valence-corrected chi connectivity index (χ0v) is 60.0. The van der Waals surface area contributed by atoms with Crippen molar-refractivity contribution in [1.82, 2.24) is 38.6 Å². The Hall–Kier alpha value is -7.52. The van der Waals surface area contributed by atoms with E-state index in [1.54, 1.807) is 29.7 Å². The maximum Gasteiger partial charge on any atom is 0.273 e. The molecule has 11 nitrogen and oxygen atoms in total. The summed E-state index contributed by atoms with van der Waals surface area (Å²) < 4.78 is 20.4. The standard InChI is InChI=1S/C10H16O.C9H12N2.2C9H11NO.4C9H11NS/c1-10(2,3)8-5-4-6-9(11)7-8;1-5-8-6-7-11(10-8)9(2,3)4;1-5-8-10-6-7(11-8)9(2,3)4;1-5-7-6-8(11-10-7)9(2,3)4;1-5-8-10-7(6-11-8)9(2,3)4;1-5-8-10-6-7(11-8)9(2,3)4;1-5-8-7(6-11-10-8)9(2,3)4;1-5-7-6-8(11-10-7)9(2,3)4/h4,6,8H,5,7H2,1-3H3;1,6-7H,2-4H3;6*1,6H,2-4H3. The number of thiazole rings is 2. The Labute approximate surface area is 546 Å². The maximum atomic E-state index is 11.0. The second-order valence-corrected chi connectivity index (χ2v) is 31.8. The van der Waals surface area contributed by atoms with Gasteiger partial charge < -0.3 is 8.94 Å². The Bertz CT molecular complexity index is 3140. The highest BCUT2D eigenvalue weighted by Gasteiger charge is 2.27. The van der Waals surface area contributed by atoms with Crippen molar-refractivity contribution in [2.45, 2.75) is 217 Å². The zero-order valence-electron chi connectivity index (χ0n) is 56.7. The van der Waals surface area contributed by atoms with Crippen molar-refractivity contribution in [2.24, 2.45) is 11.3 Å². The Morgan fingerprint density at radius 1 is 0.580 bits per heavy atom. The van der Waals surface area contributed by atoms with Crippen LogP contribution in [0.1, 0.15) is 250 Å². The minimum atomic E-state index is -0.0118. The molecule has 0 saturated carbocycles. The van der Waals surface area contributed by atoms with Crippen LogP contribution in [0.15, 0.2) is 68.6 Å². The number of rotatable bonds is 0. The molecule has 7 heterocycles. The molecule has 8 rings (SSSR count). The van der Waals surface area contributed by atoms with Gasteiger partial charge in [-0.2, -0.15) is 13.8 Å². The van der Waals surface area contributed by atoms with E-state index in [-0.39, 0.29) is 49.2 Å². The topological polar surface area (TPSA) is 139 Å². The third-order valence-electron chi connectivity index (χ3n) is 12.3. The number of hydrogen-bond acceptors (Lipinski definition) is 14. The summed E-state index contributed by atoms with van der Waals surface area (Å²) in [5.74, 6) is 20.2. The summed E-state index contributed by atoms with van der Waals surface area (Å²) in [6.07, 6.45) is 47.3. The van der Waals surface area contributed by atoms with Crippen LogP contribution in [0.3, 0.4) is 0 Å². The molecule has 0 bridgehead atoms. The molecule has 0 amide bonds. The smallest absolute Gasteiger partial charge is 0.273 e. The van der Waals surface area contributed by atoms with Gasteiger partial charge in [0.15, 0.2) is 21.5 Å². The fourth-order valence-electron chi connectivity index (χ4n) is 6.52. The highest BCUT2D eigenvalue weighted by atomic mass is 32.1. The number of oxazole rings is 1. The fourth-order valence-corrected chi connectivity index (χ4v) is 9.77. The van der Waals surface area contributed by atoms with E-state index in [9.17, 15) is 4.79 Å². The number of hydrogen-bond donors (Lipinski definition) is 0. The van der Waals surface area contributed by atoms with Gasteiger partial charge in [0.05, 0.1) is 17.4 Å². The summed E-state index contributed by atoms with van der Waals surface area (Å²) in [5.41, 5.74) is 5.91. The van der Waals surface area contributed by atoms with E-state index >= 15 is 0 Å². The third kappa shape index (κ3) is 28.5. The van der Waals surface area contributed by atoms with Crippen molar-refractivity contribution >= 4 is 51.5 Å². The van der Waals surface area contributed by atoms with E-state index in [1.165, 1.54) is 49.7 Å². The van der Waals surface area contributed by atoms with Gasteiger partial charge in [-0.25, -0.2) is 15.0 Å². The molecular weight excluding hydrogens is 1170 g/mol. The summed E-state index contributed by atoms with van der Waals surface area (Å²) in [6, 6.07) is 5.61. The van der Waals surface area contributed by atoms with Crippen LogP contribution < -0.4 is 0 Å². The number of allylic oxidation sites excluding steroid dienone is 2. The predicted octanol–water partition coefficient (Wildman–Crippen LogP) is 17.8. The molecule has 1 aliphatic rings. The average Bonchev–Trinajstić information content (AvgIpc) is 4.50. The van der Waals surface area contributed by atoms with Crippen LogP contribution in [0.25, 0.3) is 0 Å². The Morgan fingerprint density at radius 2 is 1.16 bits per heavy atom. The van der Waals surface area contributed by atoms with Crippen LogP contribution in [-0.2, 0) is 42.8 Å². The average molecular weight is 1260 g/mol. The SMILES string of the molecule is C#Cc1cc(C(C)(C)C)on1.C#Cc1cc(C(C)(C)C)sn1.C#Cc1ccn(C(C)(C)C)n1.C#Cc1nc(C(C)(C)C)cs1.C#Cc1ncc(C(C)(C)C)o1.C#Cc1ncc(C(C)(C)C)s1.C#Cc1nscc1C(C)(C)C.CC(C)(C)C1CC=CC(=O)C1. The number of carbonyl (C=O) groups excluding carboxylic acids is 1. The van der Waals surface area contributed by atoms with E-state index in [4.69, 9.17) is 53.9 Å². The van der Waals surface area contributed by atoms with Crippen molar-refractivity contribution in [3.63, 3.8) is 0 Å². The number of carbonyl (C=O) groups is 1. The first-order valence-electron chi connectivity index (χ1n) is 28.6. The molecule has 468 valence electrons. The van der Waals surface area contributed by atoms with Crippen LogP contribution in [0.2, 0.25) is 0 Å². The molecule has 1 aliphatic carbocycles. The monoisotopic (exact) mass is 1260 g/mol. The Kier molecular flexibility index (Phi) is 30.1. The van der Waals surface area contributed by atoms with Crippen LogP contribution in [-0.4, -0.2) is 44.4 Å². The van der Waals surface area contributed by atoms with E-state index in [0.29, 0.717) is 23.2 Å². The quantitative estimate of drug-likeness (QED) is 0.135. The first-order valence-corrected chi connectivity index (χ1v) is 31.9. The number of aromatic nitrogens is 8. The molecular formula is C73H94N8O3S4. The lowest BCUT2D eigenvalue weighted by Crippen LogP contribution is -2.24. The van der Waals surface area contributed by atoms with E-state index < -0.39 is 0 Å². The van der Waals surface area contributed by atoms with Crippen LogP contribution >= 0.6 is 45.7 Å². The number of nitrogens with zero attached hydrogens (tertiary/aromatic N) is 8. The highest BCUT2D eigenvalue weighted by molar-refractivity contribution is 7.12. The summed E-state index contributed by atoms with van der Waals surface area (Å²) in [5, 5.41) is 13.5. The molecule has 7 aromatic rings. The van der Waals surface area contributed by atoms with Gasteiger partial charge in [-0.05, 0) is 137 Å². The van der Waals surface area contributed by atoms with Gasteiger partial charge in [-0.3, -0.25) is 9.48 Å². The van der Waals surface area contributed by atoms with E-state index in [1.807, 2.05) is 87.6 Å². The van der Waals surface area contributed by atoms with Gasteiger partial charge in [0, 0.05) is 67.2 Å². The number of terminal acetylenes is 7. The summed E-state index contributed by atoms with van der Waals surface area (Å²) in [7, 11) is 0. The minimum absolute atomic E-state index is 0.0118. The first-order chi connectivity index (χ1) is 40.3. The van der Waals surface area contributed by atoms with Gasteiger partial charge >= 0.3 is 0 Å². The van der Waals surface area contributed by atoms with E-state index in [0.717, 1.165) is 51.5 Å². The molecule has 0 fully saturated rings. The molecule has 88 heavy (non-hydrogen) atoms. The molecule has 15 heteroatoms. The molecule has 0 N–H and O–H groups in total. The normalized spacial score (nSPS) is 12.9. The van der Waals surface area contributed by atoms with Gasteiger partial charge in [0.1, 0.15) is 28.6 Å². The molecule has 0 saturated heterocycles. The summed E-state index contributed by atoms with van der Waals surface area (Å²) in [6.45, 7) is 50.9. The van der Waals surface area contributed by atoms with Crippen molar-refractivity contribution in [3.8, 4) is 86.4 Å². The Morgan fingerprint density at radius 3 is 1.45 bits per heavy atom. The van der Waals surface area contributed by atoms with Gasteiger partial charge in [0.25, 0.3) is 5.89 Å². The lowest BCUT2D eigenvalue weighted by atomic mass is 9.74.